The Morgan fingerprint density at radius 3 is 2.39 bits per heavy atom. The highest BCUT2D eigenvalue weighted by Crippen LogP contribution is 2.39. The average Bonchev–Trinajstić information content (AvgIpc) is 2.72. The minimum absolute atomic E-state index is 0.200. The average molecular weight is 324 g/mol. The summed E-state index contributed by atoms with van der Waals surface area (Å²) in [5.41, 5.74) is 9.34. The molecule has 0 bridgehead atoms. The number of benzene rings is 1. The van der Waals surface area contributed by atoms with Crippen LogP contribution in [0.25, 0.3) is 10.4 Å². The van der Waals surface area contributed by atoms with Crippen LogP contribution in [-0.4, -0.2) is 0 Å². The van der Waals surface area contributed by atoms with Gasteiger partial charge in [-0.25, -0.2) is 0 Å². The third-order valence-corrected chi connectivity index (χ3v) is 5.17. The molecule has 0 saturated carbocycles. The maximum Gasteiger partial charge on any atom is 0.0357 e. The molecule has 0 aliphatic carbocycles. The highest BCUT2D eigenvalue weighted by molar-refractivity contribution is 9.10. The highest BCUT2D eigenvalue weighted by Gasteiger charge is 2.17. The number of nitrogens with two attached hydrogens (primary N) is 1. The normalized spacial score (nSPS) is 11.8. The van der Waals surface area contributed by atoms with Gasteiger partial charge in [-0.15, -0.1) is 11.3 Å². The van der Waals surface area contributed by atoms with E-state index < -0.39 is 0 Å². The van der Waals surface area contributed by atoms with E-state index in [0.717, 1.165) is 15.7 Å². The second-order valence-corrected chi connectivity index (χ2v) is 7.54. The Hall–Kier alpha value is -0.800. The molecule has 2 N–H and O–H groups in total. The number of nitrogen functional groups attached to an aromatic ring is 1. The van der Waals surface area contributed by atoms with E-state index in [1.54, 1.807) is 0 Å². The van der Waals surface area contributed by atoms with E-state index in [1.807, 2.05) is 18.3 Å². The zero-order chi connectivity index (χ0) is 13.5. The lowest BCUT2D eigenvalue weighted by molar-refractivity contribution is 0.604. The summed E-state index contributed by atoms with van der Waals surface area (Å²) in [5, 5.41) is 0. The first kappa shape index (κ1) is 13.6. The molecule has 1 aromatic heterocycles. The Labute approximate surface area is 121 Å². The van der Waals surface area contributed by atoms with Gasteiger partial charge in [-0.1, -0.05) is 36.7 Å². The summed E-state index contributed by atoms with van der Waals surface area (Å²) in [5.74, 6) is 0. The first-order chi connectivity index (χ1) is 8.29. The van der Waals surface area contributed by atoms with Crippen molar-refractivity contribution in [3.05, 3.63) is 39.2 Å². The van der Waals surface area contributed by atoms with Crippen LogP contribution in [-0.2, 0) is 5.41 Å². The molecule has 18 heavy (non-hydrogen) atoms. The first-order valence-electron chi connectivity index (χ1n) is 5.95. The second kappa shape index (κ2) is 4.71. The fourth-order valence-corrected chi connectivity index (χ4v) is 3.66. The third-order valence-electron chi connectivity index (χ3n) is 2.97. The molecule has 0 saturated heterocycles. The summed E-state index contributed by atoms with van der Waals surface area (Å²) in [6, 6.07) is 8.53. The van der Waals surface area contributed by atoms with Crippen molar-refractivity contribution in [2.45, 2.75) is 33.1 Å². The summed E-state index contributed by atoms with van der Waals surface area (Å²) in [6.45, 7) is 8.74. The minimum Gasteiger partial charge on any atom is -0.398 e. The van der Waals surface area contributed by atoms with Crippen LogP contribution in [0, 0.1) is 6.92 Å². The SMILES string of the molecule is Cc1cc(Br)c(-c2ccc(C(C)(C)C)s2)cc1N. The molecule has 0 amide bonds. The van der Waals surface area contributed by atoms with Crippen LogP contribution in [0.15, 0.2) is 28.7 Å². The molecular weight excluding hydrogens is 306 g/mol. The van der Waals surface area contributed by atoms with Gasteiger partial charge in [0.15, 0.2) is 0 Å². The third kappa shape index (κ3) is 2.62. The zero-order valence-corrected chi connectivity index (χ0v) is 13.6. The Kier molecular flexibility index (Phi) is 3.56. The number of hydrogen-bond acceptors (Lipinski definition) is 2. The van der Waals surface area contributed by atoms with Crippen molar-refractivity contribution in [2.75, 3.05) is 5.73 Å². The second-order valence-electron chi connectivity index (χ2n) is 5.60. The van der Waals surface area contributed by atoms with E-state index >= 15 is 0 Å². The summed E-state index contributed by atoms with van der Waals surface area (Å²) in [4.78, 5) is 2.65. The van der Waals surface area contributed by atoms with Gasteiger partial charge in [-0.2, -0.15) is 0 Å². The van der Waals surface area contributed by atoms with E-state index in [2.05, 4.69) is 61.0 Å². The minimum atomic E-state index is 0.200. The number of halogens is 1. The van der Waals surface area contributed by atoms with Crippen molar-refractivity contribution >= 4 is 33.0 Å². The Balaban J connectivity index is 2.50. The number of thiophene rings is 1. The van der Waals surface area contributed by atoms with Gasteiger partial charge in [0.1, 0.15) is 0 Å². The van der Waals surface area contributed by atoms with Crippen LogP contribution in [0.2, 0.25) is 0 Å². The van der Waals surface area contributed by atoms with Gasteiger partial charge in [-0.05, 0) is 42.2 Å². The van der Waals surface area contributed by atoms with Crippen molar-refractivity contribution in [1.82, 2.24) is 0 Å². The highest BCUT2D eigenvalue weighted by atomic mass is 79.9. The molecular formula is C15H18BrNS. The molecule has 0 radical (unpaired) electrons. The largest absolute Gasteiger partial charge is 0.398 e. The van der Waals surface area contributed by atoms with Crippen LogP contribution < -0.4 is 5.73 Å². The van der Waals surface area contributed by atoms with Crippen LogP contribution in [0.3, 0.4) is 0 Å². The molecule has 0 spiro atoms. The van der Waals surface area contributed by atoms with Crippen molar-refractivity contribution in [2.24, 2.45) is 0 Å². The smallest absolute Gasteiger partial charge is 0.0357 e. The van der Waals surface area contributed by atoms with Crippen LogP contribution in [0.5, 0.6) is 0 Å². The van der Waals surface area contributed by atoms with Gasteiger partial charge in [0, 0.05) is 25.5 Å². The van der Waals surface area contributed by atoms with E-state index in [-0.39, 0.29) is 5.41 Å². The lowest BCUT2D eigenvalue weighted by Gasteiger charge is -2.15. The predicted molar refractivity (Wildman–Crippen MR) is 85.3 cm³/mol. The maximum absolute atomic E-state index is 6.00. The molecule has 2 aromatic rings. The van der Waals surface area contributed by atoms with E-state index in [9.17, 15) is 0 Å². The van der Waals surface area contributed by atoms with Gasteiger partial charge in [-0.3, -0.25) is 0 Å². The van der Waals surface area contributed by atoms with Gasteiger partial charge < -0.3 is 5.73 Å². The van der Waals surface area contributed by atoms with Gasteiger partial charge in [0.05, 0.1) is 0 Å². The van der Waals surface area contributed by atoms with Crippen LogP contribution >= 0.6 is 27.3 Å². The fourth-order valence-electron chi connectivity index (χ4n) is 1.76. The van der Waals surface area contributed by atoms with Crippen molar-refractivity contribution in [3.8, 4) is 10.4 Å². The van der Waals surface area contributed by atoms with Crippen molar-refractivity contribution in [1.29, 1.82) is 0 Å². The molecule has 1 heterocycles. The molecule has 1 aromatic carbocycles. The zero-order valence-electron chi connectivity index (χ0n) is 11.2. The monoisotopic (exact) mass is 323 g/mol. The lowest BCUT2D eigenvalue weighted by Crippen LogP contribution is -2.07. The molecule has 0 aliphatic heterocycles. The molecule has 0 atom stereocenters. The molecule has 0 fully saturated rings. The van der Waals surface area contributed by atoms with Gasteiger partial charge >= 0.3 is 0 Å². The van der Waals surface area contributed by atoms with Gasteiger partial charge in [0.2, 0.25) is 0 Å². The Bertz CT molecular complexity index is 579. The van der Waals surface area contributed by atoms with E-state index in [0.29, 0.717) is 0 Å². The van der Waals surface area contributed by atoms with Gasteiger partial charge in [0.25, 0.3) is 0 Å². The summed E-state index contributed by atoms with van der Waals surface area (Å²) in [7, 11) is 0. The van der Waals surface area contributed by atoms with E-state index in [1.165, 1.54) is 15.3 Å². The maximum atomic E-state index is 6.00. The number of rotatable bonds is 1. The molecule has 3 heteroatoms. The molecule has 96 valence electrons. The fraction of sp³-hybridized carbons (Fsp3) is 0.333. The number of aryl methyl sites for hydroxylation is 1. The lowest BCUT2D eigenvalue weighted by atomic mass is 9.95. The molecule has 2 rings (SSSR count). The van der Waals surface area contributed by atoms with Crippen LogP contribution in [0.1, 0.15) is 31.2 Å². The molecule has 0 unspecified atom stereocenters. The van der Waals surface area contributed by atoms with Crippen molar-refractivity contribution in [3.63, 3.8) is 0 Å². The first-order valence-corrected chi connectivity index (χ1v) is 7.56. The summed E-state index contributed by atoms with van der Waals surface area (Å²) >= 11 is 5.46. The van der Waals surface area contributed by atoms with Crippen LogP contribution in [0.4, 0.5) is 5.69 Å². The summed E-state index contributed by atoms with van der Waals surface area (Å²) in [6.07, 6.45) is 0. The Morgan fingerprint density at radius 2 is 1.83 bits per heavy atom. The van der Waals surface area contributed by atoms with E-state index in [4.69, 9.17) is 5.73 Å². The Morgan fingerprint density at radius 1 is 1.17 bits per heavy atom. The number of hydrogen-bond donors (Lipinski definition) is 1. The standard InChI is InChI=1S/C15H18BrNS/c1-9-7-11(16)10(8-12(9)17)13-5-6-14(18-13)15(2,3)4/h5-8H,17H2,1-4H3. The summed E-state index contributed by atoms with van der Waals surface area (Å²) < 4.78 is 1.11. The quantitative estimate of drug-likeness (QED) is 0.702. The predicted octanol–water partition coefficient (Wildman–Crippen LogP) is 5.37. The molecule has 0 aliphatic rings. The topological polar surface area (TPSA) is 26.0 Å². The van der Waals surface area contributed by atoms with Crippen molar-refractivity contribution < 1.29 is 0 Å². The molecule has 1 nitrogen and oxygen atoms in total. The number of anilines is 1.